The maximum Gasteiger partial charge on any atom is 0.306 e. The fraction of sp³-hybridized carbons (Fsp3) is 0.333. The Morgan fingerprint density at radius 1 is 1.64 bits per heavy atom. The lowest BCUT2D eigenvalue weighted by molar-refractivity contribution is -0.140. The van der Waals surface area contributed by atoms with Gasteiger partial charge in [-0.3, -0.25) is 9.59 Å². The van der Waals surface area contributed by atoms with Crippen LogP contribution >= 0.6 is 23.1 Å². The predicted molar refractivity (Wildman–Crippen MR) is 57.1 cm³/mol. The molecule has 0 N–H and O–H groups in total. The zero-order chi connectivity index (χ0) is 10.4. The van der Waals surface area contributed by atoms with Crippen molar-refractivity contribution in [3.05, 3.63) is 17.0 Å². The number of ether oxygens (including phenoxy) is 1. The number of hydrogen-bond acceptors (Lipinski definition) is 5. The molecule has 0 radical (unpaired) electrons. The third-order valence-corrected chi connectivity index (χ3v) is 3.73. The molecule has 0 aliphatic carbocycles. The highest BCUT2D eigenvalue weighted by atomic mass is 32.2. The number of carbonyl (C=O) groups is 2. The molecule has 0 aliphatic rings. The molecule has 1 aromatic heterocycles. The van der Waals surface area contributed by atoms with Crippen LogP contribution in [0.3, 0.4) is 0 Å². The average Bonchev–Trinajstić information content (AvgIpc) is 2.65. The van der Waals surface area contributed by atoms with Crippen molar-refractivity contribution in [1.82, 2.24) is 0 Å². The Morgan fingerprint density at radius 2 is 2.43 bits per heavy atom. The van der Waals surface area contributed by atoms with Crippen LogP contribution in [-0.2, 0) is 9.53 Å². The number of carbonyl (C=O) groups excluding carboxylic acids is 2. The summed E-state index contributed by atoms with van der Waals surface area (Å²) >= 11 is 2.99. The second kappa shape index (κ2) is 5.82. The molecule has 0 saturated carbocycles. The quantitative estimate of drug-likeness (QED) is 0.442. The molecule has 0 atom stereocenters. The van der Waals surface area contributed by atoms with Crippen LogP contribution in [0.5, 0.6) is 0 Å². The summed E-state index contributed by atoms with van der Waals surface area (Å²) in [7, 11) is 1.38. The van der Waals surface area contributed by atoms with Gasteiger partial charge < -0.3 is 4.74 Å². The second-order valence-electron chi connectivity index (χ2n) is 2.45. The van der Waals surface area contributed by atoms with Crippen molar-refractivity contribution >= 4 is 35.4 Å². The highest BCUT2D eigenvalue weighted by Crippen LogP contribution is 2.26. The van der Waals surface area contributed by atoms with Gasteiger partial charge in [0.05, 0.1) is 22.6 Å². The first-order chi connectivity index (χ1) is 6.76. The Labute approximate surface area is 90.5 Å². The Morgan fingerprint density at radius 3 is 3.00 bits per heavy atom. The van der Waals surface area contributed by atoms with Gasteiger partial charge in [0.25, 0.3) is 0 Å². The minimum absolute atomic E-state index is 0.204. The smallest absolute Gasteiger partial charge is 0.306 e. The van der Waals surface area contributed by atoms with E-state index in [1.807, 2.05) is 6.07 Å². The molecule has 0 saturated heterocycles. The van der Waals surface area contributed by atoms with Crippen LogP contribution in [0.2, 0.25) is 0 Å². The van der Waals surface area contributed by atoms with Gasteiger partial charge in [-0.15, -0.1) is 23.1 Å². The number of thioether (sulfide) groups is 1. The van der Waals surface area contributed by atoms with Gasteiger partial charge in [-0.05, 0) is 12.1 Å². The molecule has 0 aliphatic heterocycles. The van der Waals surface area contributed by atoms with Crippen LogP contribution in [-0.4, -0.2) is 25.1 Å². The van der Waals surface area contributed by atoms with E-state index in [4.69, 9.17) is 0 Å². The van der Waals surface area contributed by atoms with Crippen LogP contribution in [0.15, 0.2) is 16.3 Å². The van der Waals surface area contributed by atoms with Crippen molar-refractivity contribution in [2.45, 2.75) is 10.6 Å². The molecule has 0 fully saturated rings. The highest BCUT2D eigenvalue weighted by Gasteiger charge is 2.03. The van der Waals surface area contributed by atoms with E-state index in [0.717, 1.165) is 10.5 Å². The van der Waals surface area contributed by atoms with Crippen molar-refractivity contribution in [3.8, 4) is 0 Å². The first-order valence-corrected chi connectivity index (χ1v) is 5.81. The van der Waals surface area contributed by atoms with E-state index >= 15 is 0 Å². The van der Waals surface area contributed by atoms with Gasteiger partial charge in [-0.25, -0.2) is 0 Å². The van der Waals surface area contributed by atoms with Gasteiger partial charge >= 0.3 is 5.97 Å². The van der Waals surface area contributed by atoms with Crippen LogP contribution in [0.25, 0.3) is 0 Å². The molecule has 0 unspecified atom stereocenters. The van der Waals surface area contributed by atoms with E-state index in [1.165, 1.54) is 18.4 Å². The molecule has 3 nitrogen and oxygen atoms in total. The van der Waals surface area contributed by atoms with Gasteiger partial charge in [-0.1, -0.05) is 0 Å². The molecular formula is C9H10O3S2. The molecule has 1 rings (SSSR count). The minimum Gasteiger partial charge on any atom is -0.469 e. The number of aldehydes is 1. The van der Waals surface area contributed by atoms with Crippen LogP contribution in [0.1, 0.15) is 16.1 Å². The number of rotatable bonds is 5. The molecule has 76 valence electrons. The second-order valence-corrected chi connectivity index (χ2v) is 4.96. The Hall–Kier alpha value is -0.810. The van der Waals surface area contributed by atoms with E-state index in [1.54, 1.807) is 17.8 Å². The summed E-state index contributed by atoms with van der Waals surface area (Å²) in [4.78, 5) is 21.9. The Balaban J connectivity index is 2.31. The zero-order valence-corrected chi connectivity index (χ0v) is 9.32. The first kappa shape index (κ1) is 11.3. The van der Waals surface area contributed by atoms with Crippen molar-refractivity contribution < 1.29 is 14.3 Å². The summed E-state index contributed by atoms with van der Waals surface area (Å²) < 4.78 is 5.56. The highest BCUT2D eigenvalue weighted by molar-refractivity contribution is 8.01. The monoisotopic (exact) mass is 230 g/mol. The molecule has 1 aromatic rings. The first-order valence-electron chi connectivity index (χ1n) is 4.01. The summed E-state index contributed by atoms with van der Waals surface area (Å²) in [6.07, 6.45) is 1.23. The topological polar surface area (TPSA) is 43.4 Å². The van der Waals surface area contributed by atoms with Crippen LogP contribution in [0.4, 0.5) is 0 Å². The lowest BCUT2D eigenvalue weighted by atomic mass is 10.5. The van der Waals surface area contributed by atoms with Crippen molar-refractivity contribution in [1.29, 1.82) is 0 Å². The minimum atomic E-state index is -0.204. The van der Waals surface area contributed by atoms with Gasteiger partial charge in [0.15, 0.2) is 6.29 Å². The molecule has 0 aromatic carbocycles. The molecule has 0 bridgehead atoms. The molecule has 5 heteroatoms. The molecule has 14 heavy (non-hydrogen) atoms. The van der Waals surface area contributed by atoms with E-state index in [9.17, 15) is 9.59 Å². The number of thiophene rings is 1. The zero-order valence-electron chi connectivity index (χ0n) is 7.69. The number of hydrogen-bond donors (Lipinski definition) is 0. The largest absolute Gasteiger partial charge is 0.469 e. The normalized spacial score (nSPS) is 9.79. The molecular weight excluding hydrogens is 220 g/mol. The van der Waals surface area contributed by atoms with Gasteiger partial charge in [0.1, 0.15) is 0 Å². The van der Waals surface area contributed by atoms with Gasteiger partial charge in [0.2, 0.25) is 0 Å². The standard InChI is InChI=1S/C9H10O3S2/c1-12-8(11)4-5-13-9-3-2-7(6-10)14-9/h2-3,6H,4-5H2,1H3. The van der Waals surface area contributed by atoms with E-state index in [-0.39, 0.29) is 5.97 Å². The number of esters is 1. The predicted octanol–water partition coefficient (Wildman–Crippen LogP) is 2.22. The Kier molecular flexibility index (Phi) is 4.69. The summed E-state index contributed by atoms with van der Waals surface area (Å²) in [6, 6.07) is 3.66. The van der Waals surface area contributed by atoms with E-state index < -0.39 is 0 Å². The molecule has 0 amide bonds. The third-order valence-electron chi connectivity index (χ3n) is 1.50. The van der Waals surface area contributed by atoms with Crippen molar-refractivity contribution in [2.24, 2.45) is 0 Å². The molecule has 1 heterocycles. The summed E-state index contributed by atoms with van der Waals surface area (Å²) in [5.41, 5.74) is 0. The fourth-order valence-corrected chi connectivity index (χ4v) is 2.77. The van der Waals surface area contributed by atoms with Crippen LogP contribution in [0, 0.1) is 0 Å². The van der Waals surface area contributed by atoms with Crippen LogP contribution < -0.4 is 0 Å². The summed E-state index contributed by atoms with van der Waals surface area (Å²) in [6.45, 7) is 0. The van der Waals surface area contributed by atoms with Gasteiger partial charge in [-0.2, -0.15) is 0 Å². The summed E-state index contributed by atoms with van der Waals surface area (Å²) in [5, 5.41) is 0. The molecule has 0 spiro atoms. The van der Waals surface area contributed by atoms with E-state index in [0.29, 0.717) is 17.1 Å². The Bertz CT molecular complexity index is 320. The van der Waals surface area contributed by atoms with Crippen molar-refractivity contribution in [3.63, 3.8) is 0 Å². The number of methoxy groups -OCH3 is 1. The van der Waals surface area contributed by atoms with Gasteiger partial charge in [0, 0.05) is 5.75 Å². The average molecular weight is 230 g/mol. The maximum atomic E-state index is 10.8. The lowest BCUT2D eigenvalue weighted by Gasteiger charge is -1.97. The SMILES string of the molecule is COC(=O)CCSc1ccc(C=O)s1. The fourth-order valence-electron chi connectivity index (χ4n) is 0.812. The van der Waals surface area contributed by atoms with E-state index in [2.05, 4.69) is 4.74 Å². The maximum absolute atomic E-state index is 10.8. The lowest BCUT2D eigenvalue weighted by Crippen LogP contribution is -2.00. The third kappa shape index (κ3) is 3.51. The summed E-state index contributed by atoms with van der Waals surface area (Å²) in [5.74, 6) is 0.482. The van der Waals surface area contributed by atoms with Crippen molar-refractivity contribution in [2.75, 3.05) is 12.9 Å².